The van der Waals surface area contributed by atoms with Crippen molar-refractivity contribution in [3.05, 3.63) is 29.7 Å². The lowest BCUT2D eigenvalue weighted by atomic mass is 10.3. The number of aromatic nitrogens is 2. The second kappa shape index (κ2) is 3.78. The Kier molecular flexibility index (Phi) is 2.43. The number of nitrogens with zero attached hydrogens (tertiary/aromatic N) is 2. The predicted octanol–water partition coefficient (Wildman–Crippen LogP) is 0.739. The highest BCUT2D eigenvalue weighted by molar-refractivity contribution is 5.93. The van der Waals surface area contributed by atoms with E-state index in [0.717, 1.165) is 10.6 Å². The highest BCUT2D eigenvalue weighted by atomic mass is 16.5. The van der Waals surface area contributed by atoms with Gasteiger partial charge >= 0.3 is 11.9 Å². The summed E-state index contributed by atoms with van der Waals surface area (Å²) < 4.78 is 5.93. The van der Waals surface area contributed by atoms with E-state index in [1.165, 1.54) is 19.2 Å². The number of hydrogen-bond acceptors (Lipinski definition) is 4. The summed E-state index contributed by atoms with van der Waals surface area (Å²) in [5.41, 5.74) is -0.253. The van der Waals surface area contributed by atoms with Gasteiger partial charge in [-0.2, -0.15) is 0 Å². The van der Waals surface area contributed by atoms with Crippen LogP contribution in [0.15, 0.2) is 18.3 Å². The molecule has 88 valence electrons. The van der Waals surface area contributed by atoms with Crippen LogP contribution in [0.25, 0.3) is 5.65 Å². The van der Waals surface area contributed by atoms with Gasteiger partial charge in [0, 0.05) is 0 Å². The number of methoxy groups -OCH3 is 1. The Morgan fingerprint density at radius 3 is 2.53 bits per heavy atom. The SMILES string of the molecule is COc1ccc2ncc(C(=O)O)n2c1C(=O)O. The second-order valence-corrected chi connectivity index (χ2v) is 3.20. The molecular weight excluding hydrogens is 228 g/mol. The molecule has 7 nitrogen and oxygen atoms in total. The first-order valence-corrected chi connectivity index (χ1v) is 4.57. The van der Waals surface area contributed by atoms with E-state index in [1.54, 1.807) is 0 Å². The molecule has 0 unspecified atom stereocenters. The number of ether oxygens (including phenoxy) is 1. The van der Waals surface area contributed by atoms with Gasteiger partial charge in [0.05, 0.1) is 13.3 Å². The Morgan fingerprint density at radius 1 is 1.29 bits per heavy atom. The Labute approximate surface area is 94.9 Å². The van der Waals surface area contributed by atoms with Crippen LogP contribution in [0.3, 0.4) is 0 Å². The fourth-order valence-electron chi connectivity index (χ4n) is 1.57. The zero-order valence-corrected chi connectivity index (χ0v) is 8.75. The fraction of sp³-hybridized carbons (Fsp3) is 0.100. The molecule has 2 heterocycles. The normalized spacial score (nSPS) is 10.4. The number of rotatable bonds is 3. The zero-order chi connectivity index (χ0) is 12.6. The molecule has 0 bridgehead atoms. The van der Waals surface area contributed by atoms with Gasteiger partial charge in [-0.1, -0.05) is 0 Å². The summed E-state index contributed by atoms with van der Waals surface area (Å²) in [5.74, 6) is -2.47. The smallest absolute Gasteiger partial charge is 0.356 e. The van der Waals surface area contributed by atoms with Gasteiger partial charge in [-0.05, 0) is 12.1 Å². The first kappa shape index (κ1) is 10.9. The van der Waals surface area contributed by atoms with E-state index in [4.69, 9.17) is 14.9 Å². The largest absolute Gasteiger partial charge is 0.494 e. The number of carboxylic acid groups (broad SMARTS) is 2. The number of pyridine rings is 1. The molecule has 2 aromatic heterocycles. The third-order valence-electron chi connectivity index (χ3n) is 2.27. The lowest BCUT2D eigenvalue weighted by Crippen LogP contribution is -2.12. The maximum atomic E-state index is 11.1. The lowest BCUT2D eigenvalue weighted by Gasteiger charge is -2.08. The van der Waals surface area contributed by atoms with E-state index < -0.39 is 11.9 Å². The molecule has 2 N–H and O–H groups in total. The van der Waals surface area contributed by atoms with Gasteiger partial charge in [0.25, 0.3) is 0 Å². The summed E-state index contributed by atoms with van der Waals surface area (Å²) in [6.07, 6.45) is 1.10. The maximum Gasteiger partial charge on any atom is 0.356 e. The van der Waals surface area contributed by atoms with Crippen molar-refractivity contribution in [2.75, 3.05) is 7.11 Å². The molecule has 0 atom stereocenters. The van der Waals surface area contributed by atoms with Crippen LogP contribution in [0.5, 0.6) is 5.75 Å². The second-order valence-electron chi connectivity index (χ2n) is 3.20. The topological polar surface area (TPSA) is 101 Å². The number of hydrogen-bond donors (Lipinski definition) is 2. The first-order chi connectivity index (χ1) is 8.06. The van der Waals surface area contributed by atoms with Crippen LogP contribution in [0.1, 0.15) is 21.0 Å². The summed E-state index contributed by atoms with van der Waals surface area (Å²) >= 11 is 0. The Hall–Kier alpha value is -2.57. The molecule has 0 aliphatic rings. The molecule has 0 fully saturated rings. The molecule has 0 saturated heterocycles. The highest BCUT2D eigenvalue weighted by Gasteiger charge is 2.21. The molecule has 0 aliphatic carbocycles. The van der Waals surface area contributed by atoms with Crippen molar-refractivity contribution in [2.24, 2.45) is 0 Å². The van der Waals surface area contributed by atoms with Gasteiger partial charge < -0.3 is 14.9 Å². The first-order valence-electron chi connectivity index (χ1n) is 4.57. The molecule has 17 heavy (non-hydrogen) atoms. The zero-order valence-electron chi connectivity index (χ0n) is 8.75. The Bertz CT molecular complexity index is 616. The van der Waals surface area contributed by atoms with Gasteiger partial charge in [0.2, 0.25) is 0 Å². The number of carboxylic acids is 2. The average molecular weight is 236 g/mol. The summed E-state index contributed by atoms with van der Waals surface area (Å²) in [7, 11) is 1.31. The van der Waals surface area contributed by atoms with E-state index in [-0.39, 0.29) is 22.8 Å². The maximum absolute atomic E-state index is 11.1. The molecule has 0 aliphatic heterocycles. The number of carbonyl (C=O) groups is 2. The minimum absolute atomic E-state index is 0.0745. The summed E-state index contributed by atoms with van der Waals surface area (Å²) in [6, 6.07) is 2.91. The predicted molar refractivity (Wildman–Crippen MR) is 55.7 cm³/mol. The molecule has 0 spiro atoms. The third-order valence-corrected chi connectivity index (χ3v) is 2.27. The standard InChI is InChI=1S/C10H8N2O5/c1-17-6-2-3-7-11-4-5(9(13)14)12(7)8(6)10(15)16/h2-4H,1H3,(H,13,14)(H,15,16). The van der Waals surface area contributed by atoms with Crippen molar-refractivity contribution in [3.8, 4) is 5.75 Å². The number of imidazole rings is 1. The molecule has 0 radical (unpaired) electrons. The average Bonchev–Trinajstić information content (AvgIpc) is 2.70. The summed E-state index contributed by atoms with van der Waals surface area (Å²) in [6.45, 7) is 0. The van der Waals surface area contributed by atoms with Gasteiger partial charge in [0.15, 0.2) is 17.1 Å². The van der Waals surface area contributed by atoms with Crippen LogP contribution in [-0.2, 0) is 0 Å². The highest BCUT2D eigenvalue weighted by Crippen LogP contribution is 2.21. The summed E-state index contributed by atoms with van der Waals surface area (Å²) in [5, 5.41) is 18.0. The van der Waals surface area contributed by atoms with Crippen molar-refractivity contribution in [3.63, 3.8) is 0 Å². The molecule has 2 rings (SSSR count). The fourth-order valence-corrected chi connectivity index (χ4v) is 1.57. The van der Waals surface area contributed by atoms with E-state index >= 15 is 0 Å². The molecule has 0 aromatic carbocycles. The van der Waals surface area contributed by atoms with Crippen molar-refractivity contribution in [2.45, 2.75) is 0 Å². The van der Waals surface area contributed by atoms with Crippen molar-refractivity contribution < 1.29 is 24.5 Å². The molecule has 0 saturated carbocycles. The molecule has 7 heteroatoms. The van der Waals surface area contributed by atoms with E-state index in [2.05, 4.69) is 4.98 Å². The lowest BCUT2D eigenvalue weighted by molar-refractivity contribution is 0.0680. The minimum atomic E-state index is -1.28. The minimum Gasteiger partial charge on any atom is -0.494 e. The van der Waals surface area contributed by atoms with E-state index in [1.807, 2.05) is 0 Å². The van der Waals surface area contributed by atoms with Crippen LogP contribution < -0.4 is 4.74 Å². The van der Waals surface area contributed by atoms with Crippen LogP contribution >= 0.6 is 0 Å². The van der Waals surface area contributed by atoms with Crippen LogP contribution in [0.2, 0.25) is 0 Å². The number of aromatic carboxylic acids is 2. The van der Waals surface area contributed by atoms with E-state index in [0.29, 0.717) is 0 Å². The van der Waals surface area contributed by atoms with Crippen molar-refractivity contribution >= 4 is 17.6 Å². The van der Waals surface area contributed by atoms with Crippen molar-refractivity contribution in [1.82, 2.24) is 9.38 Å². The van der Waals surface area contributed by atoms with Gasteiger partial charge in [-0.15, -0.1) is 0 Å². The van der Waals surface area contributed by atoms with Crippen molar-refractivity contribution in [1.29, 1.82) is 0 Å². The number of fused-ring (bicyclic) bond motifs is 1. The van der Waals surface area contributed by atoms with Crippen LogP contribution in [0.4, 0.5) is 0 Å². The molecular formula is C10H8N2O5. The Balaban J connectivity index is 2.91. The Morgan fingerprint density at radius 2 is 2.00 bits per heavy atom. The van der Waals surface area contributed by atoms with Crippen LogP contribution in [0, 0.1) is 0 Å². The van der Waals surface area contributed by atoms with Gasteiger partial charge in [0.1, 0.15) is 5.65 Å². The third kappa shape index (κ3) is 1.57. The van der Waals surface area contributed by atoms with Crippen LogP contribution in [-0.4, -0.2) is 38.6 Å². The quantitative estimate of drug-likeness (QED) is 0.814. The molecule has 0 amide bonds. The van der Waals surface area contributed by atoms with Gasteiger partial charge in [-0.25, -0.2) is 14.6 Å². The van der Waals surface area contributed by atoms with Gasteiger partial charge in [-0.3, -0.25) is 4.40 Å². The molecule has 2 aromatic rings. The summed E-state index contributed by atoms with van der Waals surface area (Å²) in [4.78, 5) is 25.9. The van der Waals surface area contributed by atoms with E-state index in [9.17, 15) is 9.59 Å². The monoisotopic (exact) mass is 236 g/mol.